The van der Waals surface area contributed by atoms with E-state index in [1.165, 1.54) is 29.8 Å². The maximum Gasteiger partial charge on any atom is 0.151 e. The smallest absolute Gasteiger partial charge is 0.151 e. The zero-order chi connectivity index (χ0) is 20.4. The second-order valence-electron chi connectivity index (χ2n) is 6.99. The number of nitrogen functional groups attached to an aromatic ring is 2. The minimum absolute atomic E-state index is 0.216. The van der Waals surface area contributed by atoms with Crippen molar-refractivity contribution in [3.8, 4) is 5.69 Å². The van der Waals surface area contributed by atoms with Crippen molar-refractivity contribution in [2.75, 3.05) is 11.5 Å². The molecule has 0 aliphatic heterocycles. The standard InChI is InChI=1S/C15H15N5.C7H8FN/c16-9-4-6-10(7-5-9)20-12-3-1-2-11(12)13-14(20)15(17)19-8-18-13;8-7-3-1-6(5-9)2-4-7/h4-8H,1-3,16H2,(H2,17,18,19);1-4H,5,9H2. The van der Waals surface area contributed by atoms with Crippen LogP contribution in [0.2, 0.25) is 0 Å². The van der Waals surface area contributed by atoms with Gasteiger partial charge in [0.15, 0.2) is 5.82 Å². The van der Waals surface area contributed by atoms with E-state index in [-0.39, 0.29) is 5.82 Å². The number of aryl methyl sites for hydroxylation is 1. The number of nitrogens with two attached hydrogens (primary N) is 3. The third-order valence-electron chi connectivity index (χ3n) is 5.12. The number of hydrogen-bond acceptors (Lipinski definition) is 5. The topological polar surface area (TPSA) is 109 Å². The lowest BCUT2D eigenvalue weighted by Gasteiger charge is -2.10. The van der Waals surface area contributed by atoms with Gasteiger partial charge in [-0.3, -0.25) is 0 Å². The maximum absolute atomic E-state index is 12.2. The molecule has 2 aromatic carbocycles. The molecule has 0 atom stereocenters. The first-order valence-corrected chi connectivity index (χ1v) is 9.51. The van der Waals surface area contributed by atoms with Crippen molar-refractivity contribution in [3.63, 3.8) is 0 Å². The number of anilines is 2. The quantitative estimate of drug-likeness (QED) is 0.455. The summed E-state index contributed by atoms with van der Waals surface area (Å²) in [5.41, 5.74) is 24.4. The van der Waals surface area contributed by atoms with Crippen LogP contribution in [0.3, 0.4) is 0 Å². The van der Waals surface area contributed by atoms with E-state index in [4.69, 9.17) is 17.2 Å². The molecular formula is C22H23FN6. The van der Waals surface area contributed by atoms with Crippen molar-refractivity contribution in [2.45, 2.75) is 25.8 Å². The van der Waals surface area contributed by atoms with Crippen LogP contribution >= 0.6 is 0 Å². The van der Waals surface area contributed by atoms with Gasteiger partial charge in [0.25, 0.3) is 0 Å². The van der Waals surface area contributed by atoms with Gasteiger partial charge in [-0.25, -0.2) is 14.4 Å². The molecule has 0 saturated carbocycles. The van der Waals surface area contributed by atoms with Crippen molar-refractivity contribution >= 4 is 22.5 Å². The van der Waals surface area contributed by atoms with Crippen molar-refractivity contribution in [1.29, 1.82) is 0 Å². The molecule has 0 amide bonds. The van der Waals surface area contributed by atoms with Gasteiger partial charge in [0.05, 0.1) is 5.52 Å². The summed E-state index contributed by atoms with van der Waals surface area (Å²) in [5.74, 6) is 0.313. The molecular weight excluding hydrogens is 367 g/mol. The van der Waals surface area contributed by atoms with Crippen LogP contribution in [0.1, 0.15) is 23.2 Å². The third kappa shape index (κ3) is 3.64. The monoisotopic (exact) mass is 390 g/mol. The molecule has 6 N–H and O–H groups in total. The van der Waals surface area contributed by atoms with Gasteiger partial charge in [-0.2, -0.15) is 0 Å². The van der Waals surface area contributed by atoms with E-state index in [2.05, 4.69) is 14.5 Å². The number of hydrogen-bond donors (Lipinski definition) is 3. The Bertz CT molecular complexity index is 1130. The molecule has 4 aromatic rings. The van der Waals surface area contributed by atoms with Crippen LogP contribution in [0.5, 0.6) is 0 Å². The Morgan fingerprint density at radius 1 is 0.931 bits per heavy atom. The minimum Gasteiger partial charge on any atom is -0.399 e. The molecule has 5 rings (SSSR count). The summed E-state index contributed by atoms with van der Waals surface area (Å²) >= 11 is 0. The Balaban J connectivity index is 0.000000192. The number of rotatable bonds is 2. The first kappa shape index (κ1) is 18.9. The van der Waals surface area contributed by atoms with Crippen LogP contribution in [0.15, 0.2) is 54.9 Å². The van der Waals surface area contributed by atoms with Crippen molar-refractivity contribution in [2.24, 2.45) is 5.73 Å². The third-order valence-corrected chi connectivity index (χ3v) is 5.12. The molecule has 148 valence electrons. The summed E-state index contributed by atoms with van der Waals surface area (Å²) in [4.78, 5) is 8.59. The number of benzene rings is 2. The summed E-state index contributed by atoms with van der Waals surface area (Å²) < 4.78 is 14.4. The first-order valence-electron chi connectivity index (χ1n) is 9.51. The van der Waals surface area contributed by atoms with Crippen LogP contribution in [0.25, 0.3) is 16.7 Å². The summed E-state index contributed by atoms with van der Waals surface area (Å²) in [6.07, 6.45) is 4.82. The molecule has 2 heterocycles. The first-order chi connectivity index (χ1) is 14.1. The van der Waals surface area contributed by atoms with Crippen molar-refractivity contribution in [1.82, 2.24) is 14.5 Å². The van der Waals surface area contributed by atoms with Gasteiger partial charge >= 0.3 is 0 Å². The Kier molecular flexibility index (Phi) is 5.14. The predicted octanol–water partition coefficient (Wildman–Crippen LogP) is 3.36. The van der Waals surface area contributed by atoms with Crippen LogP contribution in [-0.4, -0.2) is 14.5 Å². The Hall–Kier alpha value is -3.45. The van der Waals surface area contributed by atoms with E-state index in [0.29, 0.717) is 12.4 Å². The van der Waals surface area contributed by atoms with Crippen LogP contribution in [0.4, 0.5) is 15.9 Å². The van der Waals surface area contributed by atoms with E-state index in [1.807, 2.05) is 24.3 Å². The molecule has 2 aromatic heterocycles. The second kappa shape index (κ2) is 7.89. The van der Waals surface area contributed by atoms with Gasteiger partial charge in [0.1, 0.15) is 17.7 Å². The van der Waals surface area contributed by atoms with E-state index in [1.54, 1.807) is 18.5 Å². The fraction of sp³-hybridized carbons (Fsp3) is 0.182. The lowest BCUT2D eigenvalue weighted by atomic mass is 10.2. The summed E-state index contributed by atoms with van der Waals surface area (Å²) in [5, 5.41) is 0. The zero-order valence-electron chi connectivity index (χ0n) is 16.0. The van der Waals surface area contributed by atoms with Crippen molar-refractivity contribution < 1.29 is 4.39 Å². The van der Waals surface area contributed by atoms with Gasteiger partial charge in [-0.15, -0.1) is 0 Å². The second-order valence-corrected chi connectivity index (χ2v) is 6.99. The van der Waals surface area contributed by atoms with Crippen molar-refractivity contribution in [3.05, 3.63) is 77.5 Å². The molecule has 1 aliphatic carbocycles. The highest BCUT2D eigenvalue weighted by atomic mass is 19.1. The van der Waals surface area contributed by atoms with E-state index in [9.17, 15) is 4.39 Å². The van der Waals surface area contributed by atoms with E-state index in [0.717, 1.165) is 40.8 Å². The van der Waals surface area contributed by atoms with Gasteiger partial charge in [-0.05, 0) is 66.8 Å². The van der Waals surface area contributed by atoms with Gasteiger partial charge < -0.3 is 21.8 Å². The highest BCUT2D eigenvalue weighted by molar-refractivity contribution is 5.91. The fourth-order valence-electron chi connectivity index (χ4n) is 3.73. The normalized spacial score (nSPS) is 12.5. The van der Waals surface area contributed by atoms with E-state index >= 15 is 0 Å². The molecule has 6 nitrogen and oxygen atoms in total. The highest BCUT2D eigenvalue weighted by Gasteiger charge is 2.24. The molecule has 7 heteroatoms. The predicted molar refractivity (Wildman–Crippen MR) is 114 cm³/mol. The van der Waals surface area contributed by atoms with Crippen LogP contribution < -0.4 is 17.2 Å². The minimum atomic E-state index is -0.216. The molecule has 0 radical (unpaired) electrons. The zero-order valence-corrected chi connectivity index (χ0v) is 16.0. The van der Waals surface area contributed by atoms with Gasteiger partial charge in [0.2, 0.25) is 0 Å². The molecule has 0 bridgehead atoms. The lowest BCUT2D eigenvalue weighted by Crippen LogP contribution is -2.02. The average molecular weight is 390 g/mol. The number of halogens is 1. The number of fused-ring (bicyclic) bond motifs is 3. The molecule has 0 saturated heterocycles. The van der Waals surface area contributed by atoms with Gasteiger partial charge in [-0.1, -0.05) is 12.1 Å². The molecule has 0 unspecified atom stereocenters. The van der Waals surface area contributed by atoms with Crippen LogP contribution in [-0.2, 0) is 19.4 Å². The highest BCUT2D eigenvalue weighted by Crippen LogP contribution is 2.36. The Labute approximate surface area is 168 Å². The Morgan fingerprint density at radius 2 is 1.66 bits per heavy atom. The molecule has 29 heavy (non-hydrogen) atoms. The molecule has 0 spiro atoms. The summed E-state index contributed by atoms with van der Waals surface area (Å²) in [6.45, 7) is 0.472. The fourth-order valence-corrected chi connectivity index (χ4v) is 3.73. The number of nitrogens with zero attached hydrogens (tertiary/aromatic N) is 3. The molecule has 1 aliphatic rings. The lowest BCUT2D eigenvalue weighted by molar-refractivity contribution is 0.627. The SMILES string of the molecule is NCc1ccc(F)cc1.Nc1ccc(-n2c3c(c4ncnc(N)c42)CCC3)cc1. The number of aromatic nitrogens is 3. The largest absolute Gasteiger partial charge is 0.399 e. The van der Waals surface area contributed by atoms with Gasteiger partial charge in [0, 0.05) is 23.6 Å². The Morgan fingerprint density at radius 3 is 2.34 bits per heavy atom. The van der Waals surface area contributed by atoms with E-state index < -0.39 is 0 Å². The summed E-state index contributed by atoms with van der Waals surface area (Å²) in [7, 11) is 0. The molecule has 0 fully saturated rings. The average Bonchev–Trinajstić information content (AvgIpc) is 3.32. The maximum atomic E-state index is 12.2. The van der Waals surface area contributed by atoms with Crippen LogP contribution in [0, 0.1) is 5.82 Å². The summed E-state index contributed by atoms with van der Waals surface area (Å²) in [6, 6.07) is 14.0.